The second kappa shape index (κ2) is 8.81. The predicted molar refractivity (Wildman–Crippen MR) is 110 cm³/mol. The van der Waals surface area contributed by atoms with Gasteiger partial charge in [0.15, 0.2) is 0 Å². The van der Waals surface area contributed by atoms with Gasteiger partial charge in [0.25, 0.3) is 11.8 Å². The number of methoxy groups -OCH3 is 1. The molecule has 7 nitrogen and oxygen atoms in total. The molecule has 0 aliphatic carbocycles. The number of para-hydroxylation sites is 1. The molecular formula is C19H17ClN4O3S. The van der Waals surface area contributed by atoms with E-state index in [4.69, 9.17) is 16.3 Å². The van der Waals surface area contributed by atoms with Gasteiger partial charge in [0.05, 0.1) is 23.9 Å². The van der Waals surface area contributed by atoms with Gasteiger partial charge in [-0.1, -0.05) is 42.0 Å². The van der Waals surface area contributed by atoms with Gasteiger partial charge in [-0.25, -0.2) is 0 Å². The summed E-state index contributed by atoms with van der Waals surface area (Å²) in [5.41, 5.74) is 0.916. The van der Waals surface area contributed by atoms with E-state index in [1.54, 1.807) is 36.4 Å². The molecule has 3 aromatic rings. The van der Waals surface area contributed by atoms with Gasteiger partial charge in [0, 0.05) is 5.02 Å². The molecule has 9 heteroatoms. The van der Waals surface area contributed by atoms with E-state index in [1.165, 1.54) is 24.5 Å². The number of ether oxygens (including phenoxy) is 1. The van der Waals surface area contributed by atoms with E-state index < -0.39 is 11.8 Å². The molecule has 1 heterocycles. The molecule has 2 aromatic carbocycles. The number of aromatic nitrogens is 2. The van der Waals surface area contributed by atoms with Crippen molar-refractivity contribution in [1.82, 2.24) is 10.2 Å². The fourth-order valence-electron chi connectivity index (χ4n) is 2.45. The largest absolute Gasteiger partial charge is 0.496 e. The lowest BCUT2D eigenvalue weighted by Crippen LogP contribution is -2.18. The van der Waals surface area contributed by atoms with Crippen LogP contribution in [0.5, 0.6) is 5.75 Å². The maximum Gasteiger partial charge on any atom is 0.259 e. The Morgan fingerprint density at radius 1 is 1.07 bits per heavy atom. The summed E-state index contributed by atoms with van der Waals surface area (Å²) >= 11 is 7.30. The molecule has 0 aliphatic heterocycles. The summed E-state index contributed by atoms with van der Waals surface area (Å²) in [5.74, 6) is -0.457. The van der Waals surface area contributed by atoms with Gasteiger partial charge in [-0.2, -0.15) is 0 Å². The highest BCUT2D eigenvalue weighted by molar-refractivity contribution is 7.15. The Hall–Kier alpha value is -2.97. The van der Waals surface area contributed by atoms with Crippen LogP contribution in [-0.4, -0.2) is 29.1 Å². The maximum atomic E-state index is 12.7. The van der Waals surface area contributed by atoms with Crippen LogP contribution < -0.4 is 15.4 Å². The number of hydrogen-bond acceptors (Lipinski definition) is 6. The second-order valence-corrected chi connectivity index (χ2v) is 7.15. The standard InChI is InChI=1S/C19H17ClN4O3S/c1-3-16-23-24-19(28-16)22-17(25)12-6-4-5-7-14(12)21-18(26)13-10-11(20)8-9-15(13)27-2/h4-10H,3H2,1-2H3,(H,21,26)(H,22,24,25). The normalized spacial score (nSPS) is 10.4. The first-order valence-corrected chi connectivity index (χ1v) is 9.59. The predicted octanol–water partition coefficient (Wildman–Crippen LogP) is 4.27. The van der Waals surface area contributed by atoms with Crippen LogP contribution in [0.15, 0.2) is 42.5 Å². The van der Waals surface area contributed by atoms with Crippen molar-refractivity contribution in [3.63, 3.8) is 0 Å². The van der Waals surface area contributed by atoms with E-state index in [0.29, 0.717) is 27.2 Å². The molecule has 0 saturated heterocycles. The van der Waals surface area contributed by atoms with E-state index in [1.807, 2.05) is 6.92 Å². The molecule has 2 amide bonds. The number of halogens is 1. The number of amides is 2. The molecule has 0 radical (unpaired) electrons. The van der Waals surface area contributed by atoms with Crippen LogP contribution >= 0.6 is 22.9 Å². The lowest BCUT2D eigenvalue weighted by atomic mass is 10.1. The third kappa shape index (κ3) is 4.47. The Labute approximate surface area is 170 Å². The van der Waals surface area contributed by atoms with Crippen molar-refractivity contribution in [2.24, 2.45) is 0 Å². The first-order chi connectivity index (χ1) is 13.5. The Kier molecular flexibility index (Phi) is 6.23. The summed E-state index contributed by atoms with van der Waals surface area (Å²) in [6.45, 7) is 1.96. The van der Waals surface area contributed by atoms with Crippen LogP contribution in [0.25, 0.3) is 0 Å². The monoisotopic (exact) mass is 416 g/mol. The minimum atomic E-state index is -0.441. The lowest BCUT2D eigenvalue weighted by molar-refractivity contribution is 0.102. The molecule has 28 heavy (non-hydrogen) atoms. The zero-order valence-electron chi connectivity index (χ0n) is 15.2. The van der Waals surface area contributed by atoms with Crippen LogP contribution in [-0.2, 0) is 6.42 Å². The molecule has 0 atom stereocenters. The zero-order valence-corrected chi connectivity index (χ0v) is 16.7. The van der Waals surface area contributed by atoms with E-state index in [-0.39, 0.29) is 5.56 Å². The average Bonchev–Trinajstić information content (AvgIpc) is 3.15. The topological polar surface area (TPSA) is 93.2 Å². The van der Waals surface area contributed by atoms with Crippen molar-refractivity contribution >= 4 is 45.6 Å². The fraction of sp³-hybridized carbons (Fsp3) is 0.158. The lowest BCUT2D eigenvalue weighted by Gasteiger charge is -2.12. The number of nitrogens with one attached hydrogen (secondary N) is 2. The highest BCUT2D eigenvalue weighted by Gasteiger charge is 2.18. The van der Waals surface area contributed by atoms with Gasteiger partial charge < -0.3 is 10.1 Å². The Morgan fingerprint density at radius 2 is 1.82 bits per heavy atom. The number of hydrogen-bond donors (Lipinski definition) is 2. The molecule has 0 spiro atoms. The van der Waals surface area contributed by atoms with Crippen molar-refractivity contribution in [2.45, 2.75) is 13.3 Å². The molecule has 0 fully saturated rings. The second-order valence-electron chi connectivity index (χ2n) is 5.65. The van der Waals surface area contributed by atoms with Gasteiger partial charge in [-0.15, -0.1) is 10.2 Å². The molecule has 0 unspecified atom stereocenters. The number of carbonyl (C=O) groups excluding carboxylic acids is 2. The van der Waals surface area contributed by atoms with Crippen LogP contribution in [0.2, 0.25) is 5.02 Å². The molecular weight excluding hydrogens is 400 g/mol. The highest BCUT2D eigenvalue weighted by Crippen LogP contribution is 2.25. The van der Waals surface area contributed by atoms with Crippen LogP contribution in [0, 0.1) is 0 Å². The molecule has 0 saturated carbocycles. The smallest absolute Gasteiger partial charge is 0.259 e. The van der Waals surface area contributed by atoms with Gasteiger partial charge >= 0.3 is 0 Å². The highest BCUT2D eigenvalue weighted by atomic mass is 35.5. The SMILES string of the molecule is CCc1nnc(NC(=O)c2ccccc2NC(=O)c2cc(Cl)ccc2OC)s1. The van der Waals surface area contributed by atoms with Gasteiger partial charge in [0.2, 0.25) is 5.13 Å². The van der Waals surface area contributed by atoms with E-state index in [0.717, 1.165) is 11.4 Å². The number of rotatable bonds is 6. The quantitative estimate of drug-likeness (QED) is 0.626. The van der Waals surface area contributed by atoms with Crippen LogP contribution in [0.1, 0.15) is 32.6 Å². The summed E-state index contributed by atoms with van der Waals surface area (Å²) in [6.07, 6.45) is 0.738. The summed E-state index contributed by atoms with van der Waals surface area (Å²) in [6, 6.07) is 11.4. The summed E-state index contributed by atoms with van der Waals surface area (Å²) in [5, 5.41) is 15.0. The first kappa shape index (κ1) is 19.8. The third-order valence-electron chi connectivity index (χ3n) is 3.82. The van der Waals surface area contributed by atoms with E-state index in [2.05, 4.69) is 20.8 Å². The van der Waals surface area contributed by atoms with Gasteiger partial charge in [-0.3, -0.25) is 14.9 Å². The van der Waals surface area contributed by atoms with E-state index >= 15 is 0 Å². The van der Waals surface area contributed by atoms with Crippen molar-refractivity contribution in [3.8, 4) is 5.75 Å². The Morgan fingerprint density at radius 3 is 2.54 bits per heavy atom. The first-order valence-electron chi connectivity index (χ1n) is 8.39. The molecule has 0 aliphatic rings. The number of carbonyl (C=O) groups is 2. The van der Waals surface area contributed by atoms with Gasteiger partial charge in [-0.05, 0) is 36.8 Å². The van der Waals surface area contributed by atoms with Crippen molar-refractivity contribution in [2.75, 3.05) is 17.7 Å². The fourth-order valence-corrected chi connectivity index (χ4v) is 3.30. The number of anilines is 2. The number of nitrogens with zero attached hydrogens (tertiary/aromatic N) is 2. The molecule has 2 N–H and O–H groups in total. The average molecular weight is 417 g/mol. The molecule has 0 bridgehead atoms. The molecule has 144 valence electrons. The Bertz CT molecular complexity index is 1020. The van der Waals surface area contributed by atoms with Crippen molar-refractivity contribution in [1.29, 1.82) is 0 Å². The van der Waals surface area contributed by atoms with E-state index in [9.17, 15) is 9.59 Å². The number of aryl methyl sites for hydroxylation is 1. The van der Waals surface area contributed by atoms with Crippen LogP contribution in [0.4, 0.5) is 10.8 Å². The zero-order chi connectivity index (χ0) is 20.1. The summed E-state index contributed by atoms with van der Waals surface area (Å²) in [7, 11) is 1.47. The molecule has 1 aromatic heterocycles. The van der Waals surface area contributed by atoms with Crippen molar-refractivity contribution in [3.05, 3.63) is 63.6 Å². The summed E-state index contributed by atoms with van der Waals surface area (Å²) in [4.78, 5) is 25.4. The minimum Gasteiger partial charge on any atom is -0.496 e. The number of benzene rings is 2. The summed E-state index contributed by atoms with van der Waals surface area (Å²) < 4.78 is 5.22. The van der Waals surface area contributed by atoms with Crippen molar-refractivity contribution < 1.29 is 14.3 Å². The van der Waals surface area contributed by atoms with Gasteiger partial charge in [0.1, 0.15) is 10.8 Å². The molecule has 3 rings (SSSR count). The minimum absolute atomic E-state index is 0.266. The third-order valence-corrected chi connectivity index (χ3v) is 5.03. The van der Waals surface area contributed by atoms with Crippen LogP contribution in [0.3, 0.4) is 0 Å². The maximum absolute atomic E-state index is 12.7. The Balaban J connectivity index is 1.83.